The number of nitrogens with zero attached hydrogens (tertiary/aromatic N) is 1. The van der Waals surface area contributed by atoms with Crippen LogP contribution in [0.2, 0.25) is 0 Å². The Morgan fingerprint density at radius 2 is 1.74 bits per heavy atom. The number of anilines is 2. The van der Waals surface area contributed by atoms with Crippen LogP contribution in [0.25, 0.3) is 10.8 Å². The summed E-state index contributed by atoms with van der Waals surface area (Å²) < 4.78 is 0. The molecule has 1 heterocycles. The van der Waals surface area contributed by atoms with Crippen molar-refractivity contribution in [3.05, 3.63) is 71.8 Å². The molecular weight excluding hydrogens is 336 g/mol. The van der Waals surface area contributed by atoms with Crippen molar-refractivity contribution >= 4 is 34.0 Å². The van der Waals surface area contributed by atoms with E-state index in [1.54, 1.807) is 4.90 Å². The van der Waals surface area contributed by atoms with Gasteiger partial charge in [-0.1, -0.05) is 48.5 Å². The molecule has 0 spiro atoms. The van der Waals surface area contributed by atoms with Crippen LogP contribution < -0.4 is 10.2 Å². The Morgan fingerprint density at radius 1 is 1.00 bits per heavy atom. The number of hydrogen-bond donors (Lipinski definition) is 1. The summed E-state index contributed by atoms with van der Waals surface area (Å²) in [6.45, 7) is 4.46. The van der Waals surface area contributed by atoms with Gasteiger partial charge in [0, 0.05) is 29.7 Å². The lowest BCUT2D eigenvalue weighted by molar-refractivity contribution is -0.122. The van der Waals surface area contributed by atoms with Gasteiger partial charge in [-0.05, 0) is 42.5 Å². The van der Waals surface area contributed by atoms with Gasteiger partial charge in [0.05, 0.1) is 5.92 Å². The summed E-state index contributed by atoms with van der Waals surface area (Å²) in [7, 11) is 0. The van der Waals surface area contributed by atoms with Gasteiger partial charge >= 0.3 is 0 Å². The van der Waals surface area contributed by atoms with Gasteiger partial charge in [0.1, 0.15) is 0 Å². The fourth-order valence-corrected chi connectivity index (χ4v) is 3.71. The molecular formula is C23H22N2O2. The van der Waals surface area contributed by atoms with Crippen LogP contribution in [-0.2, 0) is 9.59 Å². The van der Waals surface area contributed by atoms with Crippen LogP contribution in [0.4, 0.5) is 11.4 Å². The van der Waals surface area contributed by atoms with Crippen molar-refractivity contribution in [2.24, 2.45) is 5.92 Å². The van der Waals surface area contributed by atoms with E-state index >= 15 is 0 Å². The molecule has 0 bridgehead atoms. The maximum absolute atomic E-state index is 12.8. The second-order valence-electron chi connectivity index (χ2n) is 7.14. The average molecular weight is 358 g/mol. The third-order valence-corrected chi connectivity index (χ3v) is 5.41. The number of amides is 2. The van der Waals surface area contributed by atoms with Crippen molar-refractivity contribution in [3.63, 3.8) is 0 Å². The van der Waals surface area contributed by atoms with E-state index in [0.29, 0.717) is 6.54 Å². The Labute approximate surface area is 158 Å². The molecule has 4 rings (SSSR count). The number of nitrogens with one attached hydrogen (secondary N) is 1. The maximum Gasteiger partial charge on any atom is 0.229 e. The largest absolute Gasteiger partial charge is 0.325 e. The standard InChI is InChI=1S/C23H22N2O2/c1-15-7-5-12-21(16(15)2)25-14-18(13-22(25)26)23(27)24-20-11-6-9-17-8-3-4-10-19(17)20/h3-12,18H,13-14H2,1-2H3,(H,24,27)/t18-/m0/s1. The molecule has 0 unspecified atom stereocenters. The lowest BCUT2D eigenvalue weighted by Crippen LogP contribution is -2.28. The van der Waals surface area contributed by atoms with Gasteiger partial charge in [0.25, 0.3) is 0 Å². The van der Waals surface area contributed by atoms with Crippen LogP contribution >= 0.6 is 0 Å². The number of carbonyl (C=O) groups excluding carboxylic acids is 2. The quantitative estimate of drug-likeness (QED) is 0.752. The second-order valence-corrected chi connectivity index (χ2v) is 7.14. The summed E-state index contributed by atoms with van der Waals surface area (Å²) in [5.41, 5.74) is 3.92. The first-order valence-electron chi connectivity index (χ1n) is 9.20. The van der Waals surface area contributed by atoms with Gasteiger partial charge in [-0.15, -0.1) is 0 Å². The second kappa shape index (κ2) is 6.88. The van der Waals surface area contributed by atoms with E-state index in [4.69, 9.17) is 0 Å². The van der Waals surface area contributed by atoms with E-state index in [1.807, 2.05) is 74.5 Å². The van der Waals surface area contributed by atoms with Crippen LogP contribution in [0.15, 0.2) is 60.7 Å². The molecule has 0 saturated carbocycles. The van der Waals surface area contributed by atoms with E-state index in [-0.39, 0.29) is 24.2 Å². The Bertz CT molecular complexity index is 1040. The smallest absolute Gasteiger partial charge is 0.229 e. The van der Waals surface area contributed by atoms with E-state index in [2.05, 4.69) is 5.32 Å². The van der Waals surface area contributed by atoms with Crippen LogP contribution in [0.1, 0.15) is 17.5 Å². The highest BCUT2D eigenvalue weighted by atomic mass is 16.2. The first-order chi connectivity index (χ1) is 13.0. The lowest BCUT2D eigenvalue weighted by Gasteiger charge is -2.20. The molecule has 1 fully saturated rings. The first-order valence-corrected chi connectivity index (χ1v) is 9.20. The highest BCUT2D eigenvalue weighted by Crippen LogP contribution is 2.30. The summed E-state index contributed by atoms with van der Waals surface area (Å²) in [4.78, 5) is 27.2. The molecule has 3 aromatic rings. The molecule has 1 saturated heterocycles. The van der Waals surface area contributed by atoms with Crippen LogP contribution in [0.5, 0.6) is 0 Å². The molecule has 27 heavy (non-hydrogen) atoms. The van der Waals surface area contributed by atoms with Gasteiger partial charge in [-0.2, -0.15) is 0 Å². The van der Waals surface area contributed by atoms with Crippen molar-refractivity contribution in [1.29, 1.82) is 0 Å². The van der Waals surface area contributed by atoms with Gasteiger partial charge < -0.3 is 10.2 Å². The molecule has 1 N–H and O–H groups in total. The van der Waals surface area contributed by atoms with E-state index < -0.39 is 0 Å². The fraction of sp³-hybridized carbons (Fsp3) is 0.217. The van der Waals surface area contributed by atoms with Gasteiger partial charge in [-0.3, -0.25) is 9.59 Å². The van der Waals surface area contributed by atoms with Crippen molar-refractivity contribution < 1.29 is 9.59 Å². The molecule has 0 radical (unpaired) electrons. The number of carbonyl (C=O) groups is 2. The highest BCUT2D eigenvalue weighted by Gasteiger charge is 2.35. The Hall–Kier alpha value is -3.14. The average Bonchev–Trinajstić information content (AvgIpc) is 3.06. The summed E-state index contributed by atoms with van der Waals surface area (Å²) in [6.07, 6.45) is 0.240. The van der Waals surface area contributed by atoms with Crippen LogP contribution in [0, 0.1) is 19.8 Å². The Kier molecular flexibility index (Phi) is 4.40. The predicted octanol–water partition coefficient (Wildman–Crippen LogP) is 4.45. The van der Waals surface area contributed by atoms with E-state index in [0.717, 1.165) is 33.3 Å². The number of fused-ring (bicyclic) bond motifs is 1. The minimum absolute atomic E-state index is 0.00164. The molecule has 0 aromatic heterocycles. The van der Waals surface area contributed by atoms with E-state index in [9.17, 15) is 9.59 Å². The summed E-state index contributed by atoms with van der Waals surface area (Å²) in [5, 5.41) is 5.11. The lowest BCUT2D eigenvalue weighted by atomic mass is 10.1. The minimum Gasteiger partial charge on any atom is -0.325 e. The van der Waals surface area contributed by atoms with Gasteiger partial charge in [0.2, 0.25) is 11.8 Å². The molecule has 1 aliphatic heterocycles. The van der Waals surface area contributed by atoms with Crippen LogP contribution in [-0.4, -0.2) is 18.4 Å². The van der Waals surface area contributed by atoms with Crippen molar-refractivity contribution in [3.8, 4) is 0 Å². The van der Waals surface area contributed by atoms with E-state index in [1.165, 1.54) is 0 Å². The minimum atomic E-state index is -0.351. The molecule has 4 nitrogen and oxygen atoms in total. The first kappa shape index (κ1) is 17.3. The molecule has 1 aliphatic rings. The molecule has 136 valence electrons. The molecule has 4 heteroatoms. The summed E-state index contributed by atoms with van der Waals surface area (Å²) in [5.74, 6) is -0.453. The fourth-order valence-electron chi connectivity index (χ4n) is 3.71. The molecule has 0 aliphatic carbocycles. The monoisotopic (exact) mass is 358 g/mol. The van der Waals surface area contributed by atoms with Gasteiger partial charge in [0.15, 0.2) is 0 Å². The third-order valence-electron chi connectivity index (χ3n) is 5.41. The Morgan fingerprint density at radius 3 is 2.59 bits per heavy atom. The number of hydrogen-bond acceptors (Lipinski definition) is 2. The van der Waals surface area contributed by atoms with Gasteiger partial charge in [-0.25, -0.2) is 0 Å². The molecule has 3 aromatic carbocycles. The number of rotatable bonds is 3. The van der Waals surface area contributed by atoms with Crippen molar-refractivity contribution in [2.45, 2.75) is 20.3 Å². The summed E-state index contributed by atoms with van der Waals surface area (Å²) >= 11 is 0. The molecule has 1 atom stereocenters. The zero-order valence-electron chi connectivity index (χ0n) is 15.5. The zero-order chi connectivity index (χ0) is 19.0. The third kappa shape index (κ3) is 3.19. The topological polar surface area (TPSA) is 49.4 Å². The molecule has 2 amide bonds. The maximum atomic E-state index is 12.8. The Balaban J connectivity index is 1.55. The summed E-state index contributed by atoms with van der Waals surface area (Å²) in [6, 6.07) is 19.7. The van der Waals surface area contributed by atoms with Crippen molar-refractivity contribution in [2.75, 3.05) is 16.8 Å². The normalized spacial score (nSPS) is 16.7. The van der Waals surface area contributed by atoms with Crippen molar-refractivity contribution in [1.82, 2.24) is 0 Å². The van der Waals surface area contributed by atoms with Crippen LogP contribution in [0.3, 0.4) is 0 Å². The SMILES string of the molecule is Cc1cccc(N2C[C@@H](C(=O)Nc3cccc4ccccc34)CC2=O)c1C. The zero-order valence-corrected chi connectivity index (χ0v) is 15.5. The number of aryl methyl sites for hydroxylation is 1. The highest BCUT2D eigenvalue weighted by molar-refractivity contribution is 6.07. The number of benzene rings is 3. The predicted molar refractivity (Wildman–Crippen MR) is 109 cm³/mol.